The lowest BCUT2D eigenvalue weighted by Gasteiger charge is -2.11. The summed E-state index contributed by atoms with van der Waals surface area (Å²) in [5.74, 6) is 0.924. The van der Waals surface area contributed by atoms with E-state index < -0.39 is 0 Å². The lowest BCUT2D eigenvalue weighted by Crippen LogP contribution is -1.98. The average Bonchev–Trinajstić information content (AvgIpc) is 2.95. The Morgan fingerprint density at radius 3 is 2.52 bits per heavy atom. The van der Waals surface area contributed by atoms with Crippen LogP contribution in [0.15, 0.2) is 71.3 Å². The van der Waals surface area contributed by atoms with Gasteiger partial charge in [0.05, 0.1) is 0 Å². The molecule has 124 valence electrons. The Morgan fingerprint density at radius 1 is 1.00 bits per heavy atom. The average molecular weight is 413 g/mol. The van der Waals surface area contributed by atoms with Crippen LogP contribution in [-0.2, 0) is 0 Å². The second-order valence-electron chi connectivity index (χ2n) is 5.83. The van der Waals surface area contributed by atoms with E-state index in [0.29, 0.717) is 5.02 Å². The molecule has 0 atom stereocenters. The van der Waals surface area contributed by atoms with Crippen LogP contribution in [0.4, 0.5) is 11.5 Å². The zero-order valence-electron chi connectivity index (χ0n) is 13.5. The van der Waals surface area contributed by atoms with Gasteiger partial charge in [-0.15, -0.1) is 0 Å². The van der Waals surface area contributed by atoms with E-state index in [1.807, 2.05) is 54.7 Å². The second-order valence-corrected chi connectivity index (χ2v) is 7.18. The first-order valence-corrected chi connectivity index (χ1v) is 9.05. The molecule has 4 aromatic rings. The third-order valence-corrected chi connectivity index (χ3v) is 4.82. The van der Waals surface area contributed by atoms with Crippen molar-refractivity contribution in [2.45, 2.75) is 6.92 Å². The van der Waals surface area contributed by atoms with Gasteiger partial charge >= 0.3 is 0 Å². The zero-order chi connectivity index (χ0) is 17.4. The molecular formula is C20H15BrClN3. The van der Waals surface area contributed by atoms with Crippen molar-refractivity contribution < 1.29 is 0 Å². The zero-order valence-corrected chi connectivity index (χ0v) is 15.8. The number of fused-ring (bicyclic) bond motifs is 1. The van der Waals surface area contributed by atoms with Crippen LogP contribution in [0, 0.1) is 6.92 Å². The molecule has 0 amide bonds. The summed E-state index contributed by atoms with van der Waals surface area (Å²) in [6, 6.07) is 19.9. The Kier molecular flexibility index (Phi) is 4.24. The van der Waals surface area contributed by atoms with Crippen LogP contribution in [0.3, 0.4) is 0 Å². The maximum absolute atomic E-state index is 6.04. The topological polar surface area (TPSA) is 29.3 Å². The molecule has 2 aromatic carbocycles. The molecule has 3 nitrogen and oxygen atoms in total. The van der Waals surface area contributed by atoms with Crippen molar-refractivity contribution >= 4 is 44.7 Å². The van der Waals surface area contributed by atoms with Gasteiger partial charge in [-0.2, -0.15) is 0 Å². The number of benzene rings is 2. The van der Waals surface area contributed by atoms with E-state index in [1.54, 1.807) is 0 Å². The summed E-state index contributed by atoms with van der Waals surface area (Å²) in [5.41, 5.74) is 5.01. The van der Waals surface area contributed by atoms with E-state index >= 15 is 0 Å². The molecule has 0 aliphatic carbocycles. The van der Waals surface area contributed by atoms with Gasteiger partial charge in [-0.3, -0.25) is 4.40 Å². The van der Waals surface area contributed by atoms with Gasteiger partial charge in [0.15, 0.2) is 0 Å². The molecule has 0 saturated heterocycles. The normalized spacial score (nSPS) is 11.0. The van der Waals surface area contributed by atoms with Crippen molar-refractivity contribution in [3.05, 3.63) is 81.9 Å². The number of hydrogen-bond acceptors (Lipinski definition) is 2. The standard InChI is InChI=1S/C20H15BrClN3/c1-13-4-2-3-5-17(13)23-20-19(14-6-9-16(22)10-7-14)24-18-11-8-15(21)12-25(18)20/h2-12,23H,1H3. The first-order chi connectivity index (χ1) is 12.1. The Hall–Kier alpha value is -2.30. The molecule has 0 bridgehead atoms. The van der Waals surface area contributed by atoms with E-state index in [0.717, 1.165) is 32.9 Å². The Labute approximate surface area is 159 Å². The van der Waals surface area contributed by atoms with Crippen LogP contribution in [-0.4, -0.2) is 9.38 Å². The van der Waals surface area contributed by atoms with E-state index in [2.05, 4.69) is 44.7 Å². The molecule has 0 aliphatic rings. The molecule has 1 N–H and O–H groups in total. The lowest BCUT2D eigenvalue weighted by atomic mass is 10.1. The van der Waals surface area contributed by atoms with E-state index in [-0.39, 0.29) is 0 Å². The molecule has 0 saturated carbocycles. The minimum absolute atomic E-state index is 0.712. The molecule has 5 heteroatoms. The number of hydrogen-bond donors (Lipinski definition) is 1. The number of anilines is 2. The number of aromatic nitrogens is 2. The highest BCUT2D eigenvalue weighted by molar-refractivity contribution is 9.10. The summed E-state index contributed by atoms with van der Waals surface area (Å²) >= 11 is 9.59. The van der Waals surface area contributed by atoms with Gasteiger partial charge in [-0.25, -0.2) is 4.98 Å². The Bertz CT molecular complexity index is 1050. The molecule has 2 aromatic heterocycles. The first kappa shape index (κ1) is 16.2. The SMILES string of the molecule is Cc1ccccc1Nc1c(-c2ccc(Cl)cc2)nc2ccc(Br)cn12. The number of aryl methyl sites for hydroxylation is 1. The Balaban J connectivity index is 1.93. The number of rotatable bonds is 3. The van der Waals surface area contributed by atoms with E-state index in [9.17, 15) is 0 Å². The van der Waals surface area contributed by atoms with Crippen LogP contribution in [0.5, 0.6) is 0 Å². The third-order valence-electron chi connectivity index (χ3n) is 4.10. The summed E-state index contributed by atoms with van der Waals surface area (Å²) in [6.07, 6.45) is 2.02. The van der Waals surface area contributed by atoms with Gasteiger partial charge in [0.2, 0.25) is 0 Å². The summed E-state index contributed by atoms with van der Waals surface area (Å²) < 4.78 is 3.05. The van der Waals surface area contributed by atoms with Crippen molar-refractivity contribution in [1.82, 2.24) is 9.38 Å². The van der Waals surface area contributed by atoms with Gasteiger partial charge in [0, 0.05) is 26.9 Å². The number of para-hydroxylation sites is 1. The smallest absolute Gasteiger partial charge is 0.143 e. The number of imidazole rings is 1. The van der Waals surface area contributed by atoms with Crippen molar-refractivity contribution in [1.29, 1.82) is 0 Å². The maximum Gasteiger partial charge on any atom is 0.143 e. The molecule has 0 unspecified atom stereocenters. The van der Waals surface area contributed by atoms with Crippen molar-refractivity contribution in [2.75, 3.05) is 5.32 Å². The fourth-order valence-corrected chi connectivity index (χ4v) is 3.25. The van der Waals surface area contributed by atoms with Gasteiger partial charge in [0.1, 0.15) is 17.2 Å². The van der Waals surface area contributed by atoms with Crippen LogP contribution in [0.25, 0.3) is 16.9 Å². The minimum Gasteiger partial charge on any atom is -0.339 e. The highest BCUT2D eigenvalue weighted by atomic mass is 79.9. The summed E-state index contributed by atoms with van der Waals surface area (Å²) in [4.78, 5) is 4.82. The largest absolute Gasteiger partial charge is 0.339 e. The van der Waals surface area contributed by atoms with E-state index in [4.69, 9.17) is 16.6 Å². The van der Waals surface area contributed by atoms with Crippen molar-refractivity contribution in [3.8, 4) is 11.3 Å². The summed E-state index contributed by atoms with van der Waals surface area (Å²) in [7, 11) is 0. The number of nitrogens with one attached hydrogen (secondary N) is 1. The number of pyridine rings is 1. The molecule has 4 rings (SSSR count). The van der Waals surface area contributed by atoms with Crippen LogP contribution in [0.2, 0.25) is 5.02 Å². The first-order valence-electron chi connectivity index (χ1n) is 7.88. The van der Waals surface area contributed by atoms with Gasteiger partial charge < -0.3 is 5.32 Å². The molecule has 0 aliphatic heterocycles. The van der Waals surface area contributed by atoms with Gasteiger partial charge in [-0.1, -0.05) is 41.9 Å². The second kappa shape index (κ2) is 6.54. The fourth-order valence-electron chi connectivity index (χ4n) is 2.79. The molecule has 2 heterocycles. The molecule has 0 radical (unpaired) electrons. The monoisotopic (exact) mass is 411 g/mol. The predicted molar refractivity (Wildman–Crippen MR) is 108 cm³/mol. The maximum atomic E-state index is 6.04. The van der Waals surface area contributed by atoms with Crippen LogP contribution in [0.1, 0.15) is 5.56 Å². The van der Waals surface area contributed by atoms with Crippen LogP contribution < -0.4 is 5.32 Å². The summed E-state index contributed by atoms with van der Waals surface area (Å²) in [6.45, 7) is 2.09. The van der Waals surface area contributed by atoms with E-state index in [1.165, 1.54) is 5.56 Å². The van der Waals surface area contributed by atoms with Gasteiger partial charge in [0.25, 0.3) is 0 Å². The highest BCUT2D eigenvalue weighted by Crippen LogP contribution is 2.33. The van der Waals surface area contributed by atoms with Crippen LogP contribution >= 0.6 is 27.5 Å². The number of halogens is 2. The Morgan fingerprint density at radius 2 is 1.76 bits per heavy atom. The van der Waals surface area contributed by atoms with Crippen molar-refractivity contribution in [2.24, 2.45) is 0 Å². The van der Waals surface area contributed by atoms with Gasteiger partial charge in [-0.05, 0) is 58.7 Å². The minimum atomic E-state index is 0.712. The molecular weight excluding hydrogens is 398 g/mol. The molecule has 25 heavy (non-hydrogen) atoms. The lowest BCUT2D eigenvalue weighted by molar-refractivity contribution is 1.17. The molecule has 0 fully saturated rings. The van der Waals surface area contributed by atoms with Crippen molar-refractivity contribution in [3.63, 3.8) is 0 Å². The fraction of sp³-hybridized carbons (Fsp3) is 0.0500. The number of nitrogens with zero attached hydrogens (tertiary/aromatic N) is 2. The quantitative estimate of drug-likeness (QED) is 0.418. The summed E-state index contributed by atoms with van der Waals surface area (Å²) in [5, 5.41) is 4.26. The highest BCUT2D eigenvalue weighted by Gasteiger charge is 2.15. The predicted octanol–water partition coefficient (Wildman–Crippen LogP) is 6.47. The molecule has 0 spiro atoms. The third kappa shape index (κ3) is 3.15.